The van der Waals surface area contributed by atoms with Crippen molar-refractivity contribution in [2.75, 3.05) is 58.4 Å². The highest BCUT2D eigenvalue weighted by Crippen LogP contribution is 2.22. The summed E-state index contributed by atoms with van der Waals surface area (Å²) in [5, 5.41) is 0. The molecule has 1 aromatic heterocycles. The molecule has 0 amide bonds. The molecule has 0 N–H and O–H groups in total. The van der Waals surface area contributed by atoms with Crippen LogP contribution in [-0.2, 0) is 20.8 Å². The molecule has 2 fully saturated rings. The fourth-order valence-electron chi connectivity index (χ4n) is 4.01. The standard InChI is InChI=1S/C21H36N4O3/c1-17(2)23-12-14-25(15-13-23)21(27-4)28-19-8-10-24(11-9-19)20-7-5-6-18(22-20)16-26-3/h5-7,17,19,21H,8-16H2,1-4H3. The van der Waals surface area contributed by atoms with Crippen molar-refractivity contribution >= 4 is 5.82 Å². The molecule has 7 nitrogen and oxygen atoms in total. The minimum absolute atomic E-state index is 0.228. The maximum atomic E-state index is 6.34. The first-order valence-electron chi connectivity index (χ1n) is 10.5. The number of ether oxygens (including phenoxy) is 3. The number of piperazine rings is 1. The highest BCUT2D eigenvalue weighted by molar-refractivity contribution is 5.39. The molecule has 2 saturated heterocycles. The fraction of sp³-hybridized carbons (Fsp3) is 0.762. The number of methoxy groups -OCH3 is 2. The lowest BCUT2D eigenvalue weighted by Crippen LogP contribution is -2.54. The number of nitrogens with zero attached hydrogens (tertiary/aromatic N) is 4. The summed E-state index contributed by atoms with van der Waals surface area (Å²) < 4.78 is 17.2. The van der Waals surface area contributed by atoms with E-state index in [4.69, 9.17) is 19.2 Å². The summed E-state index contributed by atoms with van der Waals surface area (Å²) in [6, 6.07) is 6.73. The summed E-state index contributed by atoms with van der Waals surface area (Å²) in [7, 11) is 3.45. The number of rotatable bonds is 8. The molecule has 3 heterocycles. The molecule has 1 aromatic rings. The van der Waals surface area contributed by atoms with Crippen molar-refractivity contribution < 1.29 is 14.2 Å². The van der Waals surface area contributed by atoms with E-state index >= 15 is 0 Å². The molecule has 28 heavy (non-hydrogen) atoms. The molecular formula is C21H36N4O3. The average molecular weight is 393 g/mol. The van der Waals surface area contributed by atoms with E-state index in [9.17, 15) is 0 Å². The van der Waals surface area contributed by atoms with Gasteiger partial charge in [-0.15, -0.1) is 0 Å². The molecule has 0 bridgehead atoms. The summed E-state index contributed by atoms with van der Waals surface area (Å²) in [6.07, 6.45) is 1.96. The number of pyridine rings is 1. The summed E-state index contributed by atoms with van der Waals surface area (Å²) in [4.78, 5) is 11.9. The molecular weight excluding hydrogens is 356 g/mol. The van der Waals surface area contributed by atoms with Crippen LogP contribution in [0.3, 0.4) is 0 Å². The van der Waals surface area contributed by atoms with Crippen LogP contribution in [0.1, 0.15) is 32.4 Å². The van der Waals surface area contributed by atoms with Gasteiger partial charge in [0.2, 0.25) is 6.41 Å². The van der Waals surface area contributed by atoms with Gasteiger partial charge < -0.3 is 19.1 Å². The van der Waals surface area contributed by atoms with E-state index < -0.39 is 0 Å². The van der Waals surface area contributed by atoms with Gasteiger partial charge in [0.15, 0.2) is 0 Å². The Balaban J connectivity index is 1.47. The number of aromatic nitrogens is 1. The molecule has 2 aliphatic rings. The normalized spacial score (nSPS) is 21.4. The quantitative estimate of drug-likeness (QED) is 0.629. The van der Waals surface area contributed by atoms with Crippen molar-refractivity contribution in [1.82, 2.24) is 14.8 Å². The van der Waals surface area contributed by atoms with Gasteiger partial charge in [-0.2, -0.15) is 0 Å². The lowest BCUT2D eigenvalue weighted by atomic mass is 10.1. The second-order valence-electron chi connectivity index (χ2n) is 7.95. The second kappa shape index (κ2) is 10.5. The Morgan fingerprint density at radius 1 is 1.00 bits per heavy atom. The van der Waals surface area contributed by atoms with Gasteiger partial charge in [-0.1, -0.05) is 6.07 Å². The van der Waals surface area contributed by atoms with Gasteiger partial charge in [-0.05, 0) is 38.8 Å². The van der Waals surface area contributed by atoms with Crippen molar-refractivity contribution in [2.24, 2.45) is 0 Å². The highest BCUT2D eigenvalue weighted by Gasteiger charge is 2.29. The van der Waals surface area contributed by atoms with Crippen LogP contribution in [0.5, 0.6) is 0 Å². The minimum Gasteiger partial charge on any atom is -0.378 e. The van der Waals surface area contributed by atoms with E-state index in [1.165, 1.54) is 0 Å². The topological polar surface area (TPSA) is 50.3 Å². The van der Waals surface area contributed by atoms with E-state index in [0.717, 1.165) is 63.6 Å². The van der Waals surface area contributed by atoms with Crippen molar-refractivity contribution in [1.29, 1.82) is 0 Å². The maximum absolute atomic E-state index is 6.34. The Kier molecular flexibility index (Phi) is 8.05. The van der Waals surface area contributed by atoms with Gasteiger partial charge in [0.25, 0.3) is 0 Å². The SMILES string of the molecule is COCc1cccc(N2CCC(OC(OC)N3CCN(C(C)C)CC3)CC2)n1. The van der Waals surface area contributed by atoms with E-state index in [1.54, 1.807) is 14.2 Å². The highest BCUT2D eigenvalue weighted by atomic mass is 16.7. The zero-order valence-corrected chi connectivity index (χ0v) is 17.8. The van der Waals surface area contributed by atoms with Crippen LogP contribution >= 0.6 is 0 Å². The number of piperidine rings is 1. The predicted octanol–water partition coefficient (Wildman–Crippen LogP) is 2.17. The monoisotopic (exact) mass is 392 g/mol. The van der Waals surface area contributed by atoms with Gasteiger partial charge in [0, 0.05) is 59.5 Å². The van der Waals surface area contributed by atoms with Gasteiger partial charge in [-0.3, -0.25) is 9.80 Å². The third-order valence-corrected chi connectivity index (χ3v) is 5.74. The molecule has 0 spiro atoms. The third kappa shape index (κ3) is 5.64. The average Bonchev–Trinajstić information content (AvgIpc) is 2.73. The van der Waals surface area contributed by atoms with Crippen LogP contribution in [0.2, 0.25) is 0 Å². The van der Waals surface area contributed by atoms with Crippen LogP contribution in [0.25, 0.3) is 0 Å². The molecule has 2 aliphatic heterocycles. The second-order valence-corrected chi connectivity index (χ2v) is 7.95. The Bertz CT molecular complexity index is 585. The molecule has 158 valence electrons. The summed E-state index contributed by atoms with van der Waals surface area (Å²) in [5.41, 5.74) is 0.971. The van der Waals surface area contributed by atoms with Gasteiger partial charge >= 0.3 is 0 Å². The Morgan fingerprint density at radius 2 is 1.68 bits per heavy atom. The Labute approximate surface area is 169 Å². The van der Waals surface area contributed by atoms with Crippen LogP contribution < -0.4 is 4.90 Å². The van der Waals surface area contributed by atoms with Gasteiger partial charge in [-0.25, -0.2) is 4.98 Å². The lowest BCUT2D eigenvalue weighted by molar-refractivity contribution is -0.241. The number of anilines is 1. The summed E-state index contributed by atoms with van der Waals surface area (Å²) in [6.45, 7) is 11.1. The number of hydrogen-bond acceptors (Lipinski definition) is 7. The van der Waals surface area contributed by atoms with Gasteiger partial charge in [0.1, 0.15) is 5.82 Å². The Morgan fingerprint density at radius 3 is 2.29 bits per heavy atom. The van der Waals surface area contributed by atoms with Crippen molar-refractivity contribution in [2.45, 2.75) is 51.9 Å². The molecule has 0 radical (unpaired) electrons. The maximum Gasteiger partial charge on any atom is 0.218 e. The van der Waals surface area contributed by atoms with Crippen molar-refractivity contribution in [3.05, 3.63) is 23.9 Å². The van der Waals surface area contributed by atoms with E-state index in [-0.39, 0.29) is 12.5 Å². The summed E-state index contributed by atoms with van der Waals surface area (Å²) >= 11 is 0. The smallest absolute Gasteiger partial charge is 0.218 e. The molecule has 0 aliphatic carbocycles. The largest absolute Gasteiger partial charge is 0.378 e. The molecule has 3 rings (SSSR count). The lowest BCUT2D eigenvalue weighted by Gasteiger charge is -2.41. The predicted molar refractivity (Wildman–Crippen MR) is 110 cm³/mol. The minimum atomic E-state index is -0.242. The van der Waals surface area contributed by atoms with Gasteiger partial charge in [0.05, 0.1) is 18.4 Å². The molecule has 0 aromatic carbocycles. The zero-order valence-electron chi connectivity index (χ0n) is 17.8. The van der Waals surface area contributed by atoms with E-state index in [1.807, 2.05) is 6.07 Å². The molecule has 7 heteroatoms. The molecule has 1 atom stereocenters. The first-order valence-corrected chi connectivity index (χ1v) is 10.5. The van der Waals surface area contributed by atoms with Crippen molar-refractivity contribution in [3.8, 4) is 0 Å². The van der Waals surface area contributed by atoms with E-state index in [0.29, 0.717) is 12.6 Å². The van der Waals surface area contributed by atoms with Crippen LogP contribution in [0, 0.1) is 0 Å². The molecule has 0 saturated carbocycles. The first-order chi connectivity index (χ1) is 13.6. The molecule has 1 unspecified atom stereocenters. The number of hydrogen-bond donors (Lipinski definition) is 0. The van der Waals surface area contributed by atoms with Crippen molar-refractivity contribution in [3.63, 3.8) is 0 Å². The van der Waals surface area contributed by atoms with Crippen LogP contribution in [0.15, 0.2) is 18.2 Å². The first kappa shape index (κ1) is 21.5. The third-order valence-electron chi connectivity index (χ3n) is 5.74. The fourth-order valence-corrected chi connectivity index (χ4v) is 4.01. The van der Waals surface area contributed by atoms with Crippen LogP contribution in [-0.4, -0.2) is 86.8 Å². The zero-order chi connectivity index (χ0) is 19.9. The van der Waals surface area contributed by atoms with Crippen LogP contribution in [0.4, 0.5) is 5.82 Å². The Hall–Kier alpha value is -1.25. The summed E-state index contributed by atoms with van der Waals surface area (Å²) in [5.74, 6) is 1.03. The van der Waals surface area contributed by atoms with E-state index in [2.05, 4.69) is 40.7 Å².